The van der Waals surface area contributed by atoms with E-state index >= 15 is 0 Å². The molecule has 0 radical (unpaired) electrons. The average Bonchev–Trinajstić information content (AvgIpc) is 2.83. The van der Waals surface area contributed by atoms with Gasteiger partial charge in [-0.25, -0.2) is 4.98 Å². The Bertz CT molecular complexity index is 832. The molecule has 25 heavy (non-hydrogen) atoms. The van der Waals surface area contributed by atoms with Crippen molar-refractivity contribution in [3.63, 3.8) is 0 Å². The van der Waals surface area contributed by atoms with E-state index in [0.29, 0.717) is 15.7 Å². The fourth-order valence-electron chi connectivity index (χ4n) is 2.37. The average molecular weight is 360 g/mol. The van der Waals surface area contributed by atoms with Gasteiger partial charge in [0.2, 0.25) is 5.91 Å². The number of carboxylic acids is 1. The highest BCUT2D eigenvalue weighted by molar-refractivity contribution is 7.16. The number of hydrogen-bond donors (Lipinski definition) is 2. The van der Waals surface area contributed by atoms with Crippen molar-refractivity contribution in [3.05, 3.63) is 33.7 Å². The minimum Gasteiger partial charge on any atom is -0.481 e. The van der Waals surface area contributed by atoms with Crippen molar-refractivity contribution in [1.82, 2.24) is 4.98 Å². The van der Waals surface area contributed by atoms with Crippen LogP contribution in [0.4, 0.5) is 5.13 Å². The molecule has 2 N–H and O–H groups in total. The van der Waals surface area contributed by atoms with E-state index in [1.807, 2.05) is 47.6 Å². The summed E-state index contributed by atoms with van der Waals surface area (Å²) in [6.45, 7) is 11.5. The highest BCUT2D eigenvalue weighted by atomic mass is 32.1. The van der Waals surface area contributed by atoms with Gasteiger partial charge in [0.1, 0.15) is 0 Å². The van der Waals surface area contributed by atoms with E-state index < -0.39 is 11.4 Å². The molecule has 0 fully saturated rings. The minimum absolute atomic E-state index is 0.120. The summed E-state index contributed by atoms with van der Waals surface area (Å²) in [5.74, 6) is -1.06. The molecular weight excluding hydrogens is 336 g/mol. The van der Waals surface area contributed by atoms with Crippen LogP contribution in [-0.2, 0) is 16.0 Å². The molecular formula is C19H24N2O3S. The van der Waals surface area contributed by atoms with E-state index in [1.54, 1.807) is 0 Å². The molecule has 2 aromatic rings. The first-order valence-electron chi connectivity index (χ1n) is 8.10. The first kappa shape index (κ1) is 19.1. The summed E-state index contributed by atoms with van der Waals surface area (Å²) in [5, 5.41) is 12.5. The lowest BCUT2D eigenvalue weighted by Gasteiger charge is -2.15. The summed E-state index contributed by atoms with van der Waals surface area (Å²) in [7, 11) is 0. The van der Waals surface area contributed by atoms with Crippen LogP contribution in [0.5, 0.6) is 0 Å². The molecule has 134 valence electrons. The Hall–Kier alpha value is -2.21. The second kappa shape index (κ2) is 6.96. The Labute approximate surface area is 152 Å². The van der Waals surface area contributed by atoms with Crippen molar-refractivity contribution in [3.8, 4) is 11.3 Å². The van der Waals surface area contributed by atoms with Crippen molar-refractivity contribution < 1.29 is 14.7 Å². The van der Waals surface area contributed by atoms with Crippen LogP contribution in [0.2, 0.25) is 0 Å². The van der Waals surface area contributed by atoms with Gasteiger partial charge in [0, 0.05) is 15.9 Å². The van der Waals surface area contributed by atoms with Crippen LogP contribution in [0, 0.1) is 26.2 Å². The smallest absolute Gasteiger partial charge is 0.308 e. The normalized spacial score (nSPS) is 11.4. The third-order valence-electron chi connectivity index (χ3n) is 4.01. The van der Waals surface area contributed by atoms with Crippen molar-refractivity contribution >= 4 is 28.3 Å². The zero-order valence-electron chi connectivity index (χ0n) is 15.5. The van der Waals surface area contributed by atoms with Crippen molar-refractivity contribution in [2.75, 3.05) is 5.32 Å². The first-order chi connectivity index (χ1) is 11.5. The minimum atomic E-state index is -0.917. The number of carboxylic acid groups (broad SMARTS) is 1. The summed E-state index contributed by atoms with van der Waals surface area (Å²) in [5.41, 5.74) is 4.33. The second-order valence-corrected chi connectivity index (χ2v) is 8.40. The number of nitrogens with one attached hydrogen (secondary N) is 1. The van der Waals surface area contributed by atoms with E-state index in [4.69, 9.17) is 0 Å². The number of carbonyl (C=O) groups is 2. The van der Waals surface area contributed by atoms with Crippen LogP contribution >= 0.6 is 11.3 Å². The van der Waals surface area contributed by atoms with Crippen LogP contribution in [-0.4, -0.2) is 22.0 Å². The predicted molar refractivity (Wildman–Crippen MR) is 101 cm³/mol. The Morgan fingerprint density at radius 3 is 2.28 bits per heavy atom. The van der Waals surface area contributed by atoms with Gasteiger partial charge in [0.05, 0.1) is 12.1 Å². The fourth-order valence-corrected chi connectivity index (χ4v) is 3.34. The number of hydrogen-bond acceptors (Lipinski definition) is 4. The SMILES string of the molecule is Cc1cc(C)c(-c2nc(NC(=O)C(C)(C)C)sc2CC(=O)O)cc1C. The van der Waals surface area contributed by atoms with Gasteiger partial charge in [-0.05, 0) is 43.5 Å². The summed E-state index contributed by atoms with van der Waals surface area (Å²) in [6.07, 6.45) is -0.120. The molecule has 0 unspecified atom stereocenters. The number of anilines is 1. The number of benzene rings is 1. The van der Waals surface area contributed by atoms with Gasteiger partial charge in [-0.15, -0.1) is 11.3 Å². The number of aliphatic carboxylic acids is 1. The number of thiazole rings is 1. The van der Waals surface area contributed by atoms with Crippen LogP contribution in [0.3, 0.4) is 0 Å². The van der Waals surface area contributed by atoms with Crippen molar-refractivity contribution in [1.29, 1.82) is 0 Å². The van der Waals surface area contributed by atoms with Gasteiger partial charge >= 0.3 is 5.97 Å². The molecule has 5 nitrogen and oxygen atoms in total. The molecule has 0 saturated carbocycles. The van der Waals surface area contributed by atoms with Crippen molar-refractivity contribution in [2.45, 2.75) is 48.0 Å². The largest absolute Gasteiger partial charge is 0.481 e. The van der Waals surface area contributed by atoms with E-state index in [1.165, 1.54) is 16.9 Å². The molecule has 1 aromatic heterocycles. The molecule has 0 aliphatic carbocycles. The summed E-state index contributed by atoms with van der Waals surface area (Å²) >= 11 is 1.22. The van der Waals surface area contributed by atoms with Crippen LogP contribution in [0.15, 0.2) is 12.1 Å². The predicted octanol–water partition coefficient (Wildman–Crippen LogP) is 4.35. The Morgan fingerprint density at radius 2 is 1.72 bits per heavy atom. The van der Waals surface area contributed by atoms with E-state index in [0.717, 1.165) is 16.7 Å². The van der Waals surface area contributed by atoms with E-state index in [-0.39, 0.29) is 12.3 Å². The highest BCUT2D eigenvalue weighted by Gasteiger charge is 2.24. The standard InChI is InChI=1S/C19H24N2O3S/c1-10-7-12(3)13(8-11(10)2)16-14(9-15(22)23)25-18(20-16)21-17(24)19(4,5)6/h7-8H,9H2,1-6H3,(H,22,23)(H,20,21,24). The molecule has 0 aliphatic heterocycles. The molecule has 6 heteroatoms. The molecule has 1 heterocycles. The number of aromatic nitrogens is 1. The summed E-state index contributed by atoms with van der Waals surface area (Å²) in [6, 6.07) is 4.10. The van der Waals surface area contributed by atoms with Gasteiger partial charge in [-0.3, -0.25) is 9.59 Å². The lowest BCUT2D eigenvalue weighted by Crippen LogP contribution is -2.27. The van der Waals surface area contributed by atoms with Gasteiger partial charge in [-0.1, -0.05) is 26.8 Å². The summed E-state index contributed by atoms with van der Waals surface area (Å²) in [4.78, 5) is 28.6. The Morgan fingerprint density at radius 1 is 1.12 bits per heavy atom. The fraction of sp³-hybridized carbons (Fsp3) is 0.421. The van der Waals surface area contributed by atoms with Gasteiger partial charge in [0.25, 0.3) is 0 Å². The molecule has 0 saturated heterocycles. The van der Waals surface area contributed by atoms with E-state index in [9.17, 15) is 14.7 Å². The van der Waals surface area contributed by atoms with Crippen LogP contribution in [0.25, 0.3) is 11.3 Å². The lowest BCUT2D eigenvalue weighted by atomic mass is 9.96. The molecule has 1 aromatic carbocycles. The topological polar surface area (TPSA) is 79.3 Å². The third kappa shape index (κ3) is 4.45. The highest BCUT2D eigenvalue weighted by Crippen LogP contribution is 2.35. The molecule has 0 atom stereocenters. The lowest BCUT2D eigenvalue weighted by molar-refractivity contribution is -0.136. The van der Waals surface area contributed by atoms with Crippen molar-refractivity contribution in [2.24, 2.45) is 5.41 Å². The first-order valence-corrected chi connectivity index (χ1v) is 8.92. The molecule has 0 bridgehead atoms. The number of nitrogens with zero attached hydrogens (tertiary/aromatic N) is 1. The second-order valence-electron chi connectivity index (χ2n) is 7.32. The quantitative estimate of drug-likeness (QED) is 0.850. The Balaban J connectivity index is 2.51. The molecule has 2 rings (SSSR count). The zero-order chi connectivity index (χ0) is 18.9. The monoisotopic (exact) mass is 360 g/mol. The summed E-state index contributed by atoms with van der Waals surface area (Å²) < 4.78 is 0. The number of amides is 1. The van der Waals surface area contributed by atoms with Crippen LogP contribution < -0.4 is 5.32 Å². The molecule has 0 aliphatic rings. The maximum atomic E-state index is 12.2. The van der Waals surface area contributed by atoms with Gasteiger partial charge in [-0.2, -0.15) is 0 Å². The number of rotatable bonds is 4. The maximum absolute atomic E-state index is 12.2. The van der Waals surface area contributed by atoms with Crippen LogP contribution in [0.1, 0.15) is 42.3 Å². The Kier molecular flexibility index (Phi) is 5.32. The van der Waals surface area contributed by atoms with E-state index in [2.05, 4.69) is 16.4 Å². The third-order valence-corrected chi connectivity index (χ3v) is 4.98. The number of carbonyl (C=O) groups excluding carboxylic acids is 1. The zero-order valence-corrected chi connectivity index (χ0v) is 16.3. The van der Waals surface area contributed by atoms with Gasteiger partial charge in [0.15, 0.2) is 5.13 Å². The number of aryl methyl sites for hydroxylation is 3. The molecule has 0 spiro atoms. The molecule has 1 amide bonds. The van der Waals surface area contributed by atoms with Gasteiger partial charge < -0.3 is 10.4 Å². The maximum Gasteiger partial charge on any atom is 0.308 e.